The van der Waals surface area contributed by atoms with Crippen molar-refractivity contribution in [2.24, 2.45) is 0 Å². The van der Waals surface area contributed by atoms with E-state index in [4.69, 9.17) is 14.3 Å². The summed E-state index contributed by atoms with van der Waals surface area (Å²) >= 11 is -5.67. The number of hydrogen-bond acceptors (Lipinski definition) is 2. The summed E-state index contributed by atoms with van der Waals surface area (Å²) in [5.74, 6) is 0. The van der Waals surface area contributed by atoms with Crippen molar-refractivity contribution in [3.63, 3.8) is 0 Å². The Morgan fingerprint density at radius 1 is 1.17 bits per heavy atom. The SMILES string of the molecule is [Ca].[O]=[W](=[O])([OH])[OH]. The van der Waals surface area contributed by atoms with Crippen LogP contribution in [0.5, 0.6) is 0 Å². The standard InChI is InChI=1S/Ca.2H2O.2O.W/h;2*1H2;;;/q;;;;;+2/p-2. The molecule has 2 N–H and O–H groups in total. The zero-order valence-electron chi connectivity index (χ0n) is 2.83. The average molecular weight is 290 g/mol. The summed E-state index contributed by atoms with van der Waals surface area (Å²) in [6.07, 6.45) is 0. The van der Waals surface area contributed by atoms with Crippen LogP contribution in [0.1, 0.15) is 0 Å². The zero-order valence-corrected chi connectivity index (χ0v) is 7.97. The maximum atomic E-state index is 8.87. The number of rotatable bonds is 0. The van der Waals surface area contributed by atoms with Crippen LogP contribution in [0.3, 0.4) is 0 Å². The molecule has 0 atom stereocenters. The van der Waals surface area contributed by atoms with Gasteiger partial charge in [-0.3, -0.25) is 0 Å². The van der Waals surface area contributed by atoms with Crippen molar-refractivity contribution in [1.82, 2.24) is 0 Å². The molecule has 0 saturated heterocycles. The van der Waals surface area contributed by atoms with Gasteiger partial charge in [0.15, 0.2) is 0 Å². The van der Waals surface area contributed by atoms with E-state index >= 15 is 0 Å². The molecular weight excluding hydrogens is 288 g/mol. The predicted molar refractivity (Wildman–Crippen MR) is 11.6 cm³/mol. The Morgan fingerprint density at radius 3 is 1.17 bits per heavy atom. The first-order valence-corrected chi connectivity index (χ1v) is 5.72. The van der Waals surface area contributed by atoms with Gasteiger partial charge in [0, 0.05) is 37.7 Å². The summed E-state index contributed by atoms with van der Waals surface area (Å²) in [5, 5.41) is 0. The molecule has 0 aliphatic heterocycles. The summed E-state index contributed by atoms with van der Waals surface area (Å²) in [7, 11) is 0. The number of hydrogen-bond donors (Lipinski definition) is 2. The van der Waals surface area contributed by atoms with E-state index in [1.54, 1.807) is 0 Å². The second kappa shape index (κ2) is 3.47. The molecule has 0 saturated carbocycles. The van der Waals surface area contributed by atoms with Gasteiger partial charge in [0.2, 0.25) is 0 Å². The molecule has 2 radical (unpaired) electrons. The van der Waals surface area contributed by atoms with E-state index in [0.29, 0.717) is 0 Å². The van der Waals surface area contributed by atoms with Crippen molar-refractivity contribution in [3.05, 3.63) is 0 Å². The van der Waals surface area contributed by atoms with E-state index in [-0.39, 0.29) is 37.7 Å². The molecule has 0 unspecified atom stereocenters. The van der Waals surface area contributed by atoms with Gasteiger partial charge in [0.1, 0.15) is 0 Å². The summed E-state index contributed by atoms with van der Waals surface area (Å²) in [6, 6.07) is 0. The summed E-state index contributed by atoms with van der Waals surface area (Å²) in [6.45, 7) is 0. The predicted octanol–water partition coefficient (Wildman–Crippen LogP) is -1.73. The van der Waals surface area contributed by atoms with E-state index in [9.17, 15) is 0 Å². The Balaban J connectivity index is 0. The van der Waals surface area contributed by atoms with Gasteiger partial charge in [-0.15, -0.1) is 0 Å². The summed E-state index contributed by atoms with van der Waals surface area (Å²) in [4.78, 5) is 0. The normalized spacial score (nSPS) is 9.67. The fourth-order valence-electron chi connectivity index (χ4n) is 0. The first-order chi connectivity index (χ1) is 2.00. The molecule has 0 fully saturated rings. The Labute approximate surface area is 67.9 Å². The molecule has 6 heavy (non-hydrogen) atoms. The van der Waals surface area contributed by atoms with E-state index in [1.165, 1.54) is 0 Å². The van der Waals surface area contributed by atoms with Crippen LogP contribution in [0.2, 0.25) is 0 Å². The van der Waals surface area contributed by atoms with Crippen molar-refractivity contribution in [2.45, 2.75) is 0 Å². The van der Waals surface area contributed by atoms with E-state index in [1.807, 2.05) is 0 Å². The van der Waals surface area contributed by atoms with Crippen molar-refractivity contribution >= 4 is 37.7 Å². The third-order valence-electron chi connectivity index (χ3n) is 0. The molecule has 0 aromatic rings. The van der Waals surface area contributed by atoms with E-state index < -0.39 is 16.7 Å². The third kappa shape index (κ3) is 50.7. The molecule has 0 bridgehead atoms. The van der Waals surface area contributed by atoms with Crippen molar-refractivity contribution in [1.29, 1.82) is 0 Å². The van der Waals surface area contributed by atoms with Gasteiger partial charge in [0.05, 0.1) is 0 Å². The average Bonchev–Trinajstić information content (AvgIpc) is 0.722. The molecule has 0 aromatic carbocycles. The third-order valence-corrected chi connectivity index (χ3v) is 0. The topological polar surface area (TPSA) is 74.6 Å². The maximum absolute atomic E-state index is 8.87. The minimum absolute atomic E-state index is 0. The van der Waals surface area contributed by atoms with Crippen LogP contribution in [0, 0.1) is 0 Å². The van der Waals surface area contributed by atoms with Gasteiger partial charge in [-0.25, -0.2) is 0 Å². The van der Waals surface area contributed by atoms with Gasteiger partial charge in [-0.2, -0.15) is 0 Å². The van der Waals surface area contributed by atoms with Crippen LogP contribution in [-0.4, -0.2) is 45.3 Å². The van der Waals surface area contributed by atoms with Crippen molar-refractivity contribution in [3.8, 4) is 0 Å². The van der Waals surface area contributed by atoms with Crippen molar-refractivity contribution in [2.75, 3.05) is 0 Å². The molecule has 34 valence electrons. The molecule has 0 aromatic heterocycles. The molecule has 0 amide bonds. The Bertz CT molecular complexity index is 90.7. The summed E-state index contributed by atoms with van der Waals surface area (Å²) < 4.78 is 32.1. The second-order valence-electron chi connectivity index (χ2n) is 0.448. The minimum atomic E-state index is -5.67. The Morgan fingerprint density at radius 2 is 1.17 bits per heavy atom. The first-order valence-electron chi connectivity index (χ1n) is 0.698. The van der Waals surface area contributed by atoms with Gasteiger partial charge >= 0.3 is 31.1 Å². The van der Waals surface area contributed by atoms with Gasteiger partial charge in [0.25, 0.3) is 0 Å². The molecule has 0 aliphatic carbocycles. The van der Waals surface area contributed by atoms with Crippen LogP contribution in [-0.2, 0) is 23.5 Å². The van der Waals surface area contributed by atoms with Crippen LogP contribution < -0.4 is 0 Å². The fraction of sp³-hybridized carbons (Fsp3) is 0. The molecule has 4 nitrogen and oxygen atoms in total. The van der Waals surface area contributed by atoms with E-state index in [0.717, 1.165) is 0 Å². The van der Waals surface area contributed by atoms with Crippen LogP contribution in [0.25, 0.3) is 0 Å². The molecule has 0 aliphatic rings. The zero-order chi connectivity index (χ0) is 4.50. The molecule has 6 heteroatoms. The monoisotopic (exact) mass is 290 g/mol. The second-order valence-corrected chi connectivity index (χ2v) is 3.67. The Hall–Kier alpha value is 1.47. The van der Waals surface area contributed by atoms with E-state index in [2.05, 4.69) is 0 Å². The molecule has 0 heterocycles. The van der Waals surface area contributed by atoms with Crippen molar-refractivity contribution < 1.29 is 31.1 Å². The van der Waals surface area contributed by atoms with Gasteiger partial charge < -0.3 is 0 Å². The van der Waals surface area contributed by atoms with Gasteiger partial charge in [-0.1, -0.05) is 0 Å². The first kappa shape index (κ1) is 10.4. The van der Waals surface area contributed by atoms with Crippen LogP contribution >= 0.6 is 0 Å². The molecule has 0 rings (SSSR count). The van der Waals surface area contributed by atoms with Gasteiger partial charge in [-0.05, 0) is 0 Å². The molecule has 0 spiro atoms. The van der Waals surface area contributed by atoms with Crippen LogP contribution in [0.15, 0.2) is 0 Å². The van der Waals surface area contributed by atoms with Crippen LogP contribution in [0.4, 0.5) is 0 Å². The fourth-order valence-corrected chi connectivity index (χ4v) is 0. The Kier molecular flexibility index (Phi) is 6.04. The summed E-state index contributed by atoms with van der Waals surface area (Å²) in [5.41, 5.74) is 0. The molecular formula is H2CaO4W. The quantitative estimate of drug-likeness (QED) is 0.520.